The molecular formula is C18H32IN3O3. The van der Waals surface area contributed by atoms with Crippen LogP contribution in [0.2, 0.25) is 0 Å². The van der Waals surface area contributed by atoms with E-state index in [1.165, 1.54) is 0 Å². The van der Waals surface area contributed by atoms with Crippen molar-refractivity contribution in [3.8, 4) is 5.75 Å². The van der Waals surface area contributed by atoms with Crippen molar-refractivity contribution in [3.05, 3.63) is 29.8 Å². The standard InChI is InChI=1S/C18H31N3O3.HI/c1-4-19-18(21-12-14-23-5-2)20-11-6-13-24-15-16-7-9-17(22-3)10-8-16;/h7-10H,4-6,11-15H2,1-3H3,(H2,19,20,21);1H. The van der Waals surface area contributed by atoms with E-state index in [4.69, 9.17) is 14.2 Å². The fourth-order valence-corrected chi connectivity index (χ4v) is 2.00. The van der Waals surface area contributed by atoms with Crippen LogP contribution in [0.5, 0.6) is 5.75 Å². The van der Waals surface area contributed by atoms with Crippen LogP contribution in [0.15, 0.2) is 29.3 Å². The van der Waals surface area contributed by atoms with E-state index in [0.29, 0.717) is 19.8 Å². The number of methoxy groups -OCH3 is 1. The minimum absolute atomic E-state index is 0. The molecule has 0 aromatic heterocycles. The van der Waals surface area contributed by atoms with E-state index in [1.807, 2.05) is 31.2 Å². The van der Waals surface area contributed by atoms with Gasteiger partial charge >= 0.3 is 0 Å². The van der Waals surface area contributed by atoms with E-state index in [9.17, 15) is 0 Å². The molecule has 0 unspecified atom stereocenters. The van der Waals surface area contributed by atoms with Gasteiger partial charge in [0.1, 0.15) is 5.75 Å². The Kier molecular flexibility index (Phi) is 15.7. The van der Waals surface area contributed by atoms with Crippen LogP contribution in [0.3, 0.4) is 0 Å². The Morgan fingerprint density at radius 2 is 1.80 bits per heavy atom. The van der Waals surface area contributed by atoms with Gasteiger partial charge in [-0.15, -0.1) is 24.0 Å². The van der Waals surface area contributed by atoms with Crippen LogP contribution in [-0.2, 0) is 16.1 Å². The first-order chi connectivity index (χ1) is 11.8. The van der Waals surface area contributed by atoms with Crippen LogP contribution >= 0.6 is 24.0 Å². The molecule has 144 valence electrons. The quantitative estimate of drug-likeness (QED) is 0.215. The van der Waals surface area contributed by atoms with Crippen molar-refractivity contribution in [2.75, 3.05) is 46.6 Å². The van der Waals surface area contributed by atoms with Gasteiger partial charge in [0.25, 0.3) is 0 Å². The maximum Gasteiger partial charge on any atom is 0.191 e. The summed E-state index contributed by atoms with van der Waals surface area (Å²) in [6.45, 7) is 9.10. The number of rotatable bonds is 12. The van der Waals surface area contributed by atoms with Gasteiger partial charge in [0.15, 0.2) is 5.96 Å². The number of nitrogens with one attached hydrogen (secondary N) is 2. The third-order valence-electron chi connectivity index (χ3n) is 3.23. The predicted octanol–water partition coefficient (Wildman–Crippen LogP) is 2.81. The normalized spacial score (nSPS) is 10.9. The van der Waals surface area contributed by atoms with E-state index in [2.05, 4.69) is 22.5 Å². The molecule has 1 rings (SSSR count). The van der Waals surface area contributed by atoms with Crippen molar-refractivity contribution in [2.45, 2.75) is 26.9 Å². The number of benzene rings is 1. The fourth-order valence-electron chi connectivity index (χ4n) is 2.00. The molecule has 0 bridgehead atoms. The van der Waals surface area contributed by atoms with Crippen molar-refractivity contribution < 1.29 is 14.2 Å². The van der Waals surface area contributed by atoms with Crippen molar-refractivity contribution in [2.24, 2.45) is 4.99 Å². The Morgan fingerprint density at radius 3 is 2.44 bits per heavy atom. The molecule has 1 aromatic rings. The molecule has 0 spiro atoms. The van der Waals surface area contributed by atoms with Gasteiger partial charge in [0.05, 0.1) is 20.3 Å². The largest absolute Gasteiger partial charge is 0.497 e. The number of guanidine groups is 1. The highest BCUT2D eigenvalue weighted by Crippen LogP contribution is 2.11. The van der Waals surface area contributed by atoms with Crippen LogP contribution in [0.25, 0.3) is 0 Å². The molecule has 0 amide bonds. The second kappa shape index (κ2) is 16.4. The number of nitrogens with zero attached hydrogens (tertiary/aromatic N) is 1. The SMILES string of the molecule is CCNC(=NCCCOCc1ccc(OC)cc1)NCCOCC.I. The average molecular weight is 465 g/mol. The van der Waals surface area contributed by atoms with Crippen LogP contribution in [0.4, 0.5) is 0 Å². The molecule has 0 atom stereocenters. The third kappa shape index (κ3) is 12.0. The van der Waals surface area contributed by atoms with E-state index in [0.717, 1.165) is 49.9 Å². The lowest BCUT2D eigenvalue weighted by molar-refractivity contribution is 0.120. The minimum atomic E-state index is 0. The van der Waals surface area contributed by atoms with Gasteiger partial charge in [0, 0.05) is 32.8 Å². The maximum absolute atomic E-state index is 5.68. The highest BCUT2D eigenvalue weighted by molar-refractivity contribution is 14.0. The molecule has 0 heterocycles. The Morgan fingerprint density at radius 1 is 1.04 bits per heavy atom. The highest BCUT2D eigenvalue weighted by atomic mass is 127. The van der Waals surface area contributed by atoms with E-state index in [1.54, 1.807) is 7.11 Å². The molecule has 0 saturated carbocycles. The molecule has 0 aliphatic heterocycles. The molecule has 0 aliphatic carbocycles. The zero-order chi connectivity index (χ0) is 17.5. The molecule has 1 aromatic carbocycles. The lowest BCUT2D eigenvalue weighted by Crippen LogP contribution is -2.39. The van der Waals surface area contributed by atoms with E-state index in [-0.39, 0.29) is 24.0 Å². The third-order valence-corrected chi connectivity index (χ3v) is 3.23. The van der Waals surface area contributed by atoms with Crippen molar-refractivity contribution in [1.29, 1.82) is 0 Å². The maximum atomic E-state index is 5.68. The number of hydrogen-bond donors (Lipinski definition) is 2. The van der Waals surface area contributed by atoms with Gasteiger partial charge < -0.3 is 24.8 Å². The Bertz CT molecular complexity index is 455. The van der Waals surface area contributed by atoms with Gasteiger partial charge in [-0.2, -0.15) is 0 Å². The molecule has 0 aliphatic rings. The fraction of sp³-hybridized carbons (Fsp3) is 0.611. The molecule has 0 radical (unpaired) electrons. The van der Waals surface area contributed by atoms with Gasteiger partial charge in [-0.1, -0.05) is 12.1 Å². The summed E-state index contributed by atoms with van der Waals surface area (Å²) in [7, 11) is 1.67. The van der Waals surface area contributed by atoms with Crippen LogP contribution in [0, 0.1) is 0 Å². The zero-order valence-electron chi connectivity index (χ0n) is 15.5. The van der Waals surface area contributed by atoms with Gasteiger partial charge in [-0.05, 0) is 38.0 Å². The monoisotopic (exact) mass is 465 g/mol. The van der Waals surface area contributed by atoms with Crippen molar-refractivity contribution in [3.63, 3.8) is 0 Å². The number of hydrogen-bond acceptors (Lipinski definition) is 4. The van der Waals surface area contributed by atoms with Crippen LogP contribution in [-0.4, -0.2) is 52.5 Å². The lowest BCUT2D eigenvalue weighted by Gasteiger charge is -2.11. The Labute approximate surface area is 168 Å². The summed E-state index contributed by atoms with van der Waals surface area (Å²) in [4.78, 5) is 4.52. The first kappa shape index (κ1) is 23.9. The number of ether oxygens (including phenoxy) is 3. The molecule has 25 heavy (non-hydrogen) atoms. The summed E-state index contributed by atoms with van der Waals surface area (Å²) in [5.41, 5.74) is 1.14. The van der Waals surface area contributed by atoms with E-state index < -0.39 is 0 Å². The van der Waals surface area contributed by atoms with Gasteiger partial charge in [0.2, 0.25) is 0 Å². The summed E-state index contributed by atoms with van der Waals surface area (Å²) in [6.07, 6.45) is 0.887. The summed E-state index contributed by atoms with van der Waals surface area (Å²) in [5, 5.41) is 6.46. The molecular weight excluding hydrogens is 433 g/mol. The Balaban J connectivity index is 0.00000576. The number of halogens is 1. The van der Waals surface area contributed by atoms with Crippen LogP contribution in [0.1, 0.15) is 25.8 Å². The summed E-state index contributed by atoms with van der Waals surface area (Å²) >= 11 is 0. The van der Waals surface area contributed by atoms with Crippen LogP contribution < -0.4 is 15.4 Å². The smallest absolute Gasteiger partial charge is 0.191 e. The van der Waals surface area contributed by atoms with Crippen molar-refractivity contribution >= 4 is 29.9 Å². The molecule has 7 heteroatoms. The average Bonchev–Trinajstić information content (AvgIpc) is 2.62. The summed E-state index contributed by atoms with van der Waals surface area (Å²) in [5.74, 6) is 1.69. The van der Waals surface area contributed by atoms with Crippen molar-refractivity contribution in [1.82, 2.24) is 10.6 Å². The second-order valence-corrected chi connectivity index (χ2v) is 5.14. The first-order valence-electron chi connectivity index (χ1n) is 8.60. The molecule has 2 N–H and O–H groups in total. The highest BCUT2D eigenvalue weighted by Gasteiger charge is 1.97. The molecule has 0 fully saturated rings. The second-order valence-electron chi connectivity index (χ2n) is 5.14. The molecule has 0 saturated heterocycles. The van der Waals surface area contributed by atoms with Gasteiger partial charge in [-0.3, -0.25) is 4.99 Å². The minimum Gasteiger partial charge on any atom is -0.497 e. The summed E-state index contributed by atoms with van der Waals surface area (Å²) in [6, 6.07) is 7.92. The first-order valence-corrected chi connectivity index (χ1v) is 8.60. The Hall–Kier alpha value is -1.06. The lowest BCUT2D eigenvalue weighted by atomic mass is 10.2. The van der Waals surface area contributed by atoms with E-state index >= 15 is 0 Å². The predicted molar refractivity (Wildman–Crippen MR) is 113 cm³/mol. The topological polar surface area (TPSA) is 64.1 Å². The zero-order valence-corrected chi connectivity index (χ0v) is 17.9. The van der Waals surface area contributed by atoms with Gasteiger partial charge in [-0.25, -0.2) is 0 Å². The summed E-state index contributed by atoms with van der Waals surface area (Å²) < 4.78 is 16.1. The number of aliphatic imine (C=N–C) groups is 1. The molecule has 6 nitrogen and oxygen atoms in total.